The van der Waals surface area contributed by atoms with Gasteiger partial charge in [-0.3, -0.25) is 9.59 Å². The van der Waals surface area contributed by atoms with E-state index in [9.17, 15) is 18.0 Å². The van der Waals surface area contributed by atoms with Gasteiger partial charge in [0, 0.05) is 22.2 Å². The Morgan fingerprint density at radius 1 is 1.00 bits per heavy atom. The number of carbonyl (C=O) groups is 2. The lowest BCUT2D eigenvalue weighted by Gasteiger charge is -2.16. The predicted octanol–water partition coefficient (Wildman–Crippen LogP) is 3.51. The van der Waals surface area contributed by atoms with Gasteiger partial charge in [-0.25, -0.2) is 13.6 Å². The zero-order chi connectivity index (χ0) is 23.3. The van der Waals surface area contributed by atoms with Crippen LogP contribution in [0.15, 0.2) is 77.7 Å². The number of anilines is 1. The third-order valence-electron chi connectivity index (χ3n) is 4.81. The number of carbonyl (C=O) groups excluding carboxylic acids is 2. The second-order valence-corrected chi connectivity index (χ2v) is 9.15. The highest BCUT2D eigenvalue weighted by Gasteiger charge is 2.17. The molecule has 0 fully saturated rings. The summed E-state index contributed by atoms with van der Waals surface area (Å²) in [5, 5.41) is 11.3. The number of halogens is 1. The lowest BCUT2D eigenvalue weighted by molar-refractivity contribution is -0.115. The fraction of sp³-hybridized carbons (Fsp3) is 0.130. The monoisotopic (exact) mass is 471 g/mol. The van der Waals surface area contributed by atoms with Crippen LogP contribution in [0.5, 0.6) is 0 Å². The molecule has 32 heavy (non-hydrogen) atoms. The second kappa shape index (κ2) is 10.1. The van der Waals surface area contributed by atoms with Crippen molar-refractivity contribution in [1.82, 2.24) is 5.32 Å². The van der Waals surface area contributed by atoms with Crippen LogP contribution >= 0.6 is 11.6 Å². The number of nitrogens with one attached hydrogen (secondary N) is 2. The van der Waals surface area contributed by atoms with Crippen LogP contribution in [0.2, 0.25) is 5.02 Å². The number of benzene rings is 3. The van der Waals surface area contributed by atoms with Crippen molar-refractivity contribution in [1.29, 1.82) is 0 Å². The van der Waals surface area contributed by atoms with Crippen molar-refractivity contribution >= 4 is 39.0 Å². The van der Waals surface area contributed by atoms with Crippen molar-refractivity contribution in [3.05, 3.63) is 94.5 Å². The van der Waals surface area contributed by atoms with Gasteiger partial charge in [0.05, 0.1) is 17.1 Å². The van der Waals surface area contributed by atoms with E-state index in [0.717, 1.165) is 5.56 Å². The third-order valence-corrected chi connectivity index (χ3v) is 5.98. The molecule has 0 heterocycles. The van der Waals surface area contributed by atoms with Gasteiger partial charge >= 0.3 is 0 Å². The quantitative estimate of drug-likeness (QED) is 0.434. The molecule has 0 spiro atoms. The fourth-order valence-corrected chi connectivity index (χ4v) is 3.75. The lowest BCUT2D eigenvalue weighted by atomic mass is 10.0. The Balaban J connectivity index is 1.67. The molecule has 0 aliphatic rings. The van der Waals surface area contributed by atoms with Crippen LogP contribution in [-0.2, 0) is 14.8 Å². The highest BCUT2D eigenvalue weighted by Crippen LogP contribution is 2.24. The molecule has 7 nitrogen and oxygen atoms in total. The molecule has 0 saturated heterocycles. The average molecular weight is 472 g/mol. The third kappa shape index (κ3) is 6.02. The van der Waals surface area contributed by atoms with E-state index in [1.807, 2.05) is 13.0 Å². The first-order valence-electron chi connectivity index (χ1n) is 9.70. The van der Waals surface area contributed by atoms with E-state index < -0.39 is 10.0 Å². The maximum atomic E-state index is 12.9. The van der Waals surface area contributed by atoms with Crippen LogP contribution in [0.25, 0.3) is 0 Å². The smallest absolute Gasteiger partial charge is 0.238 e. The molecule has 1 amide bonds. The highest BCUT2D eigenvalue weighted by molar-refractivity contribution is 7.89. The number of primary sulfonamides is 1. The van der Waals surface area contributed by atoms with Gasteiger partial charge in [-0.05, 0) is 42.8 Å². The Morgan fingerprint density at radius 2 is 1.66 bits per heavy atom. The van der Waals surface area contributed by atoms with Crippen molar-refractivity contribution in [2.24, 2.45) is 5.14 Å². The summed E-state index contributed by atoms with van der Waals surface area (Å²) >= 11 is 6.07. The number of rotatable bonds is 8. The first-order valence-corrected chi connectivity index (χ1v) is 11.6. The largest absolute Gasteiger partial charge is 0.324 e. The molecular weight excluding hydrogens is 450 g/mol. The Hall–Kier alpha value is -3.04. The van der Waals surface area contributed by atoms with E-state index in [2.05, 4.69) is 10.6 Å². The SMILES string of the molecule is CC(NCC(=O)Nc1ccc(Cl)cc1C(=O)c1ccccc1)c1ccc(S(N)(=O)=O)cc1. The molecule has 4 N–H and O–H groups in total. The minimum Gasteiger partial charge on any atom is -0.324 e. The molecule has 0 radical (unpaired) electrons. The van der Waals surface area contributed by atoms with Gasteiger partial charge in [-0.15, -0.1) is 0 Å². The van der Waals surface area contributed by atoms with Gasteiger partial charge in [-0.2, -0.15) is 0 Å². The van der Waals surface area contributed by atoms with Crippen LogP contribution in [0.1, 0.15) is 34.5 Å². The zero-order valence-electron chi connectivity index (χ0n) is 17.2. The molecule has 166 valence electrons. The molecule has 9 heteroatoms. The van der Waals surface area contributed by atoms with Crippen LogP contribution in [0.3, 0.4) is 0 Å². The van der Waals surface area contributed by atoms with Crippen molar-refractivity contribution < 1.29 is 18.0 Å². The molecule has 1 atom stereocenters. The summed E-state index contributed by atoms with van der Waals surface area (Å²) in [7, 11) is -3.76. The van der Waals surface area contributed by atoms with Crippen LogP contribution in [-0.4, -0.2) is 26.7 Å². The maximum absolute atomic E-state index is 12.9. The van der Waals surface area contributed by atoms with Crippen LogP contribution < -0.4 is 15.8 Å². The van der Waals surface area contributed by atoms with Crippen LogP contribution in [0, 0.1) is 0 Å². The summed E-state index contributed by atoms with van der Waals surface area (Å²) in [6.07, 6.45) is 0. The number of hydrogen-bond acceptors (Lipinski definition) is 5. The van der Waals surface area contributed by atoms with Crippen molar-refractivity contribution in [2.75, 3.05) is 11.9 Å². The number of nitrogens with two attached hydrogens (primary N) is 1. The molecule has 0 aromatic heterocycles. The summed E-state index contributed by atoms with van der Waals surface area (Å²) in [6, 6.07) is 19.3. The number of sulfonamides is 1. The van der Waals surface area contributed by atoms with E-state index in [1.165, 1.54) is 18.2 Å². The molecule has 0 bridgehead atoms. The number of hydrogen-bond donors (Lipinski definition) is 3. The van der Waals surface area contributed by atoms with E-state index in [-0.39, 0.29) is 29.2 Å². The Kier molecular flexibility index (Phi) is 7.42. The van der Waals surface area contributed by atoms with Gasteiger partial charge in [0.1, 0.15) is 0 Å². The summed E-state index contributed by atoms with van der Waals surface area (Å²) in [6.45, 7) is 1.81. The molecule has 3 aromatic carbocycles. The Bertz CT molecular complexity index is 1230. The van der Waals surface area contributed by atoms with E-state index in [1.54, 1.807) is 48.5 Å². The van der Waals surface area contributed by atoms with Crippen molar-refractivity contribution in [3.8, 4) is 0 Å². The van der Waals surface area contributed by atoms with Gasteiger partial charge in [0.2, 0.25) is 15.9 Å². The van der Waals surface area contributed by atoms with Crippen LogP contribution in [0.4, 0.5) is 5.69 Å². The topological polar surface area (TPSA) is 118 Å². The van der Waals surface area contributed by atoms with E-state index in [0.29, 0.717) is 21.8 Å². The predicted molar refractivity (Wildman–Crippen MR) is 124 cm³/mol. The second-order valence-electron chi connectivity index (χ2n) is 7.15. The van der Waals surface area contributed by atoms with E-state index in [4.69, 9.17) is 16.7 Å². The van der Waals surface area contributed by atoms with E-state index >= 15 is 0 Å². The summed E-state index contributed by atoms with van der Waals surface area (Å²) in [5.74, 6) is -0.595. The average Bonchev–Trinajstić information content (AvgIpc) is 2.78. The first-order chi connectivity index (χ1) is 15.1. The molecule has 1 unspecified atom stereocenters. The first kappa shape index (κ1) is 23.6. The maximum Gasteiger partial charge on any atom is 0.238 e. The fourth-order valence-electron chi connectivity index (χ4n) is 3.06. The zero-order valence-corrected chi connectivity index (χ0v) is 18.8. The number of ketones is 1. The standard InChI is InChI=1S/C23H22ClN3O4S/c1-15(16-7-10-19(11-8-16)32(25,30)31)26-14-22(28)27-21-12-9-18(24)13-20(21)23(29)17-5-3-2-4-6-17/h2-13,15,26H,14H2,1H3,(H,27,28)(H2,25,30,31). The normalized spacial score (nSPS) is 12.2. The Morgan fingerprint density at radius 3 is 2.28 bits per heavy atom. The van der Waals surface area contributed by atoms with Crippen molar-refractivity contribution in [2.45, 2.75) is 17.9 Å². The molecule has 3 rings (SSSR count). The van der Waals surface area contributed by atoms with Gasteiger partial charge in [-0.1, -0.05) is 54.1 Å². The molecule has 0 aliphatic heterocycles. The summed E-state index contributed by atoms with van der Waals surface area (Å²) in [5.41, 5.74) is 1.93. The molecule has 0 aliphatic carbocycles. The Labute approximate surface area is 191 Å². The highest BCUT2D eigenvalue weighted by atomic mass is 35.5. The van der Waals surface area contributed by atoms with Gasteiger partial charge in [0.15, 0.2) is 5.78 Å². The van der Waals surface area contributed by atoms with Crippen molar-refractivity contribution in [3.63, 3.8) is 0 Å². The minimum atomic E-state index is -3.76. The minimum absolute atomic E-state index is 0.0181. The molecule has 0 saturated carbocycles. The summed E-state index contributed by atoms with van der Waals surface area (Å²) < 4.78 is 22.7. The lowest BCUT2D eigenvalue weighted by Crippen LogP contribution is -2.30. The molecular formula is C23H22ClN3O4S. The molecule has 3 aromatic rings. The van der Waals surface area contributed by atoms with Gasteiger partial charge < -0.3 is 10.6 Å². The number of amides is 1. The van der Waals surface area contributed by atoms with Gasteiger partial charge in [0.25, 0.3) is 0 Å². The summed E-state index contributed by atoms with van der Waals surface area (Å²) in [4.78, 5) is 25.4.